The van der Waals surface area contributed by atoms with Crippen LogP contribution in [0.15, 0.2) is 18.5 Å². The second-order valence-electron chi connectivity index (χ2n) is 6.69. The maximum absolute atomic E-state index is 5.95. The Balaban J connectivity index is 1.59. The first-order valence-corrected chi connectivity index (χ1v) is 7.44. The Morgan fingerprint density at radius 2 is 2.37 bits per heavy atom. The summed E-state index contributed by atoms with van der Waals surface area (Å²) in [6, 6.07) is 2.99. The highest BCUT2D eigenvalue weighted by molar-refractivity contribution is 5.10. The average molecular weight is 263 g/mol. The summed E-state index contributed by atoms with van der Waals surface area (Å²) in [6.07, 6.45) is 6.83. The van der Waals surface area contributed by atoms with E-state index < -0.39 is 0 Å². The van der Waals surface area contributed by atoms with Crippen molar-refractivity contribution >= 4 is 0 Å². The lowest BCUT2D eigenvalue weighted by Gasteiger charge is -2.60. The molecule has 2 heterocycles. The summed E-state index contributed by atoms with van der Waals surface area (Å²) in [5.41, 5.74) is 0.253. The van der Waals surface area contributed by atoms with Gasteiger partial charge in [0.15, 0.2) is 0 Å². The standard InChI is InChI=1S/C15H25N3O/c1-11(10-18-8-5-7-16-18)17-13-12-6-4-9-19-14(12)15(13,2)3/h5,7-8,11-14,17H,4,6,9-10H2,1-3H3. The van der Waals surface area contributed by atoms with Crippen LogP contribution in [-0.4, -0.2) is 34.6 Å². The summed E-state index contributed by atoms with van der Waals surface area (Å²) >= 11 is 0. The second kappa shape index (κ2) is 4.91. The molecule has 19 heavy (non-hydrogen) atoms. The number of fused-ring (bicyclic) bond motifs is 1. The van der Waals surface area contributed by atoms with E-state index in [0.717, 1.165) is 13.2 Å². The van der Waals surface area contributed by atoms with Gasteiger partial charge in [0.1, 0.15) is 0 Å². The number of ether oxygens (including phenoxy) is 1. The van der Waals surface area contributed by atoms with Crippen LogP contribution in [0, 0.1) is 11.3 Å². The highest BCUT2D eigenvalue weighted by Gasteiger charge is 2.57. The van der Waals surface area contributed by atoms with Crippen LogP contribution in [0.2, 0.25) is 0 Å². The molecule has 0 radical (unpaired) electrons. The molecule has 0 spiro atoms. The minimum absolute atomic E-state index is 0.253. The number of rotatable bonds is 4. The highest BCUT2D eigenvalue weighted by atomic mass is 16.5. The number of nitrogens with zero attached hydrogens (tertiary/aromatic N) is 2. The van der Waals surface area contributed by atoms with Crippen LogP contribution in [0.25, 0.3) is 0 Å². The Kier molecular flexibility index (Phi) is 3.39. The monoisotopic (exact) mass is 263 g/mol. The molecule has 0 aromatic carbocycles. The first kappa shape index (κ1) is 13.1. The molecule has 3 rings (SSSR count). The van der Waals surface area contributed by atoms with Crippen LogP contribution in [0.4, 0.5) is 0 Å². The van der Waals surface area contributed by atoms with Gasteiger partial charge in [0.05, 0.1) is 12.6 Å². The van der Waals surface area contributed by atoms with E-state index >= 15 is 0 Å². The predicted molar refractivity (Wildman–Crippen MR) is 74.9 cm³/mol. The SMILES string of the molecule is CC(Cn1cccn1)NC1C2CCCOC2C1(C)C. The van der Waals surface area contributed by atoms with Gasteiger partial charge in [-0.2, -0.15) is 5.10 Å². The lowest BCUT2D eigenvalue weighted by molar-refractivity contribution is -0.194. The van der Waals surface area contributed by atoms with Gasteiger partial charge in [0.2, 0.25) is 0 Å². The first-order chi connectivity index (χ1) is 9.09. The van der Waals surface area contributed by atoms with Crippen molar-refractivity contribution in [3.05, 3.63) is 18.5 Å². The number of aromatic nitrogens is 2. The summed E-state index contributed by atoms with van der Waals surface area (Å²) < 4.78 is 7.95. The molecule has 4 unspecified atom stereocenters. The van der Waals surface area contributed by atoms with Crippen molar-refractivity contribution in [2.75, 3.05) is 6.61 Å². The number of hydrogen-bond donors (Lipinski definition) is 1. The minimum atomic E-state index is 0.253. The molecule has 1 aromatic heterocycles. The van der Waals surface area contributed by atoms with E-state index in [1.165, 1.54) is 12.8 Å². The molecule has 1 aliphatic heterocycles. The second-order valence-corrected chi connectivity index (χ2v) is 6.69. The summed E-state index contributed by atoms with van der Waals surface area (Å²) in [6.45, 7) is 8.78. The zero-order valence-corrected chi connectivity index (χ0v) is 12.2. The largest absolute Gasteiger partial charge is 0.377 e. The van der Waals surface area contributed by atoms with E-state index in [-0.39, 0.29) is 5.41 Å². The van der Waals surface area contributed by atoms with Gasteiger partial charge in [-0.3, -0.25) is 4.68 Å². The maximum atomic E-state index is 5.95. The molecule has 1 saturated carbocycles. The lowest BCUT2D eigenvalue weighted by Crippen LogP contribution is -2.70. The quantitative estimate of drug-likeness (QED) is 0.904. The summed E-state index contributed by atoms with van der Waals surface area (Å²) in [7, 11) is 0. The van der Waals surface area contributed by atoms with Crippen molar-refractivity contribution in [1.29, 1.82) is 0 Å². The zero-order valence-electron chi connectivity index (χ0n) is 12.2. The van der Waals surface area contributed by atoms with Crippen molar-refractivity contribution in [3.8, 4) is 0 Å². The van der Waals surface area contributed by atoms with Gasteiger partial charge in [-0.1, -0.05) is 13.8 Å². The Labute approximate surface area is 115 Å². The normalized spacial score (nSPS) is 34.4. The fourth-order valence-electron chi connectivity index (χ4n) is 3.91. The van der Waals surface area contributed by atoms with Gasteiger partial charge in [0.25, 0.3) is 0 Å². The zero-order chi connectivity index (χ0) is 13.5. The molecule has 1 N–H and O–H groups in total. The Morgan fingerprint density at radius 3 is 3.11 bits per heavy atom. The Hall–Kier alpha value is -0.870. The Morgan fingerprint density at radius 1 is 1.53 bits per heavy atom. The Bertz CT molecular complexity index is 415. The van der Waals surface area contributed by atoms with Crippen LogP contribution >= 0.6 is 0 Å². The molecule has 4 nitrogen and oxygen atoms in total. The van der Waals surface area contributed by atoms with E-state index in [4.69, 9.17) is 4.74 Å². The topological polar surface area (TPSA) is 39.1 Å². The van der Waals surface area contributed by atoms with Gasteiger partial charge < -0.3 is 10.1 Å². The summed E-state index contributed by atoms with van der Waals surface area (Å²) in [4.78, 5) is 0. The van der Waals surface area contributed by atoms with E-state index in [9.17, 15) is 0 Å². The maximum Gasteiger partial charge on any atom is 0.0684 e. The van der Waals surface area contributed by atoms with Crippen molar-refractivity contribution in [3.63, 3.8) is 0 Å². The van der Waals surface area contributed by atoms with Crippen molar-refractivity contribution in [2.45, 2.75) is 58.3 Å². The fraction of sp³-hybridized carbons (Fsp3) is 0.800. The molecule has 1 aromatic rings. The van der Waals surface area contributed by atoms with Crippen LogP contribution in [0.5, 0.6) is 0 Å². The predicted octanol–water partition coefficient (Wildman–Crippen LogP) is 2.06. The van der Waals surface area contributed by atoms with Crippen LogP contribution in [0.1, 0.15) is 33.6 Å². The van der Waals surface area contributed by atoms with Gasteiger partial charge in [-0.25, -0.2) is 0 Å². The van der Waals surface area contributed by atoms with Crippen LogP contribution in [-0.2, 0) is 11.3 Å². The van der Waals surface area contributed by atoms with E-state index in [1.54, 1.807) is 0 Å². The molecule has 0 bridgehead atoms. The average Bonchev–Trinajstić information content (AvgIpc) is 2.89. The number of hydrogen-bond acceptors (Lipinski definition) is 3. The highest BCUT2D eigenvalue weighted by Crippen LogP contribution is 2.51. The van der Waals surface area contributed by atoms with Gasteiger partial charge in [-0.15, -0.1) is 0 Å². The lowest BCUT2D eigenvalue weighted by atomic mass is 9.55. The van der Waals surface area contributed by atoms with Crippen LogP contribution < -0.4 is 5.32 Å². The van der Waals surface area contributed by atoms with Crippen LogP contribution in [0.3, 0.4) is 0 Å². The molecular formula is C15H25N3O. The first-order valence-electron chi connectivity index (χ1n) is 7.44. The third-order valence-corrected chi connectivity index (χ3v) is 4.82. The van der Waals surface area contributed by atoms with E-state index in [0.29, 0.717) is 24.1 Å². The third-order valence-electron chi connectivity index (χ3n) is 4.82. The molecule has 0 amide bonds. The molecule has 106 valence electrons. The molecule has 2 aliphatic rings. The van der Waals surface area contributed by atoms with E-state index in [1.807, 2.05) is 23.1 Å². The fourth-order valence-corrected chi connectivity index (χ4v) is 3.91. The van der Waals surface area contributed by atoms with Gasteiger partial charge in [0, 0.05) is 42.4 Å². The number of nitrogens with one attached hydrogen (secondary N) is 1. The van der Waals surface area contributed by atoms with Crippen molar-refractivity contribution in [2.24, 2.45) is 11.3 Å². The van der Waals surface area contributed by atoms with Gasteiger partial charge >= 0.3 is 0 Å². The van der Waals surface area contributed by atoms with E-state index in [2.05, 4.69) is 31.2 Å². The molecule has 4 atom stereocenters. The molecule has 1 aliphatic carbocycles. The molecule has 4 heteroatoms. The molecular weight excluding hydrogens is 238 g/mol. The molecule has 2 fully saturated rings. The molecule has 1 saturated heterocycles. The van der Waals surface area contributed by atoms with Crippen molar-refractivity contribution in [1.82, 2.24) is 15.1 Å². The summed E-state index contributed by atoms with van der Waals surface area (Å²) in [5, 5.41) is 8.08. The smallest absolute Gasteiger partial charge is 0.0684 e. The summed E-state index contributed by atoms with van der Waals surface area (Å²) in [5.74, 6) is 0.698. The van der Waals surface area contributed by atoms with Gasteiger partial charge in [-0.05, 0) is 25.8 Å². The third kappa shape index (κ3) is 2.32. The van der Waals surface area contributed by atoms with Crippen molar-refractivity contribution < 1.29 is 4.74 Å². The minimum Gasteiger partial charge on any atom is -0.377 e.